The molecule has 0 radical (unpaired) electrons. The number of nitrogens with zero attached hydrogens (tertiary/aromatic N) is 5. The van der Waals surface area contributed by atoms with Crippen LogP contribution in [0.15, 0.2) is 53.3 Å². The fraction of sp³-hybridized carbons (Fsp3) is 0.370. The Morgan fingerprint density at radius 1 is 1.11 bits per heavy atom. The maximum Gasteiger partial charge on any atom is 0.328 e. The molecular weight excluding hydrogens is 456 g/mol. The molecule has 9 heteroatoms. The number of carboxylic acid groups (broad SMARTS) is 1. The predicted octanol–water partition coefficient (Wildman–Crippen LogP) is 4.24. The maximum absolute atomic E-state index is 13.4. The number of fused-ring (bicyclic) bond motifs is 1. The Labute approximate surface area is 208 Å². The molecule has 0 saturated heterocycles. The first-order valence-electron chi connectivity index (χ1n) is 12.6. The highest BCUT2D eigenvalue weighted by Gasteiger charge is 2.31. The largest absolute Gasteiger partial charge is 0.480 e. The first-order chi connectivity index (χ1) is 17.6. The van der Waals surface area contributed by atoms with Gasteiger partial charge in [0, 0.05) is 29.8 Å². The van der Waals surface area contributed by atoms with Crippen LogP contribution >= 0.6 is 0 Å². The van der Waals surface area contributed by atoms with Crippen molar-refractivity contribution in [3.63, 3.8) is 0 Å². The number of aliphatic carboxylic acids is 1. The molecule has 9 nitrogen and oxygen atoms in total. The fourth-order valence-corrected chi connectivity index (χ4v) is 5.21. The summed E-state index contributed by atoms with van der Waals surface area (Å²) in [5.41, 5.74) is 5.45. The number of hydrogen-bond acceptors (Lipinski definition) is 5. The smallest absolute Gasteiger partial charge is 0.328 e. The van der Waals surface area contributed by atoms with Gasteiger partial charge in [-0.3, -0.25) is 9.48 Å². The molecule has 2 aromatic carbocycles. The Bertz CT molecular complexity index is 1400. The summed E-state index contributed by atoms with van der Waals surface area (Å²) in [7, 11) is 0. The van der Waals surface area contributed by atoms with Crippen LogP contribution in [0, 0.1) is 0 Å². The van der Waals surface area contributed by atoms with Crippen LogP contribution in [0.2, 0.25) is 0 Å². The minimum Gasteiger partial charge on any atom is -0.480 e. The molecular formula is C27H30N6O3. The number of carboxylic acids is 1. The minimum atomic E-state index is -0.869. The van der Waals surface area contributed by atoms with Gasteiger partial charge in [-0.25, -0.2) is 9.48 Å². The summed E-state index contributed by atoms with van der Waals surface area (Å²) in [6.07, 6.45) is 5.49. The monoisotopic (exact) mass is 486 g/mol. The zero-order valence-corrected chi connectivity index (χ0v) is 20.4. The predicted molar refractivity (Wildman–Crippen MR) is 136 cm³/mol. The van der Waals surface area contributed by atoms with Gasteiger partial charge in [0.2, 0.25) is 5.82 Å². The lowest BCUT2D eigenvalue weighted by Crippen LogP contribution is -2.35. The molecule has 5 rings (SSSR count). The summed E-state index contributed by atoms with van der Waals surface area (Å²) in [6, 6.07) is 15.4. The molecule has 2 N–H and O–H groups in total. The Morgan fingerprint density at radius 2 is 1.89 bits per heavy atom. The summed E-state index contributed by atoms with van der Waals surface area (Å²) in [4.78, 5) is 25.4. The van der Waals surface area contributed by atoms with Gasteiger partial charge in [0.25, 0.3) is 5.56 Å². The van der Waals surface area contributed by atoms with E-state index in [0.717, 1.165) is 52.8 Å². The minimum absolute atomic E-state index is 0.0565. The second-order valence-corrected chi connectivity index (χ2v) is 9.31. The number of H-pyrrole nitrogens is 1. The van der Waals surface area contributed by atoms with E-state index in [1.807, 2.05) is 48.5 Å². The van der Waals surface area contributed by atoms with E-state index < -0.39 is 12.0 Å². The van der Waals surface area contributed by atoms with Gasteiger partial charge in [-0.1, -0.05) is 68.3 Å². The van der Waals surface area contributed by atoms with Crippen molar-refractivity contribution < 1.29 is 9.90 Å². The Morgan fingerprint density at radius 3 is 2.58 bits per heavy atom. The van der Waals surface area contributed by atoms with Gasteiger partial charge in [-0.05, 0) is 47.6 Å². The zero-order valence-electron chi connectivity index (χ0n) is 20.4. The van der Waals surface area contributed by atoms with Crippen LogP contribution in [0.5, 0.6) is 0 Å². The molecule has 1 unspecified atom stereocenters. The van der Waals surface area contributed by atoms with Crippen LogP contribution < -0.4 is 5.56 Å². The summed E-state index contributed by atoms with van der Waals surface area (Å²) >= 11 is 0. The molecule has 4 aromatic rings. The maximum atomic E-state index is 13.4. The second kappa shape index (κ2) is 10.3. The molecule has 0 amide bonds. The van der Waals surface area contributed by atoms with Crippen molar-refractivity contribution in [1.82, 2.24) is 30.0 Å². The van der Waals surface area contributed by atoms with Gasteiger partial charge in [0.05, 0.1) is 0 Å². The molecule has 0 fully saturated rings. The van der Waals surface area contributed by atoms with Gasteiger partial charge in [0.15, 0.2) is 0 Å². The van der Waals surface area contributed by atoms with E-state index >= 15 is 0 Å². The third-order valence-electron chi connectivity index (χ3n) is 6.98. The van der Waals surface area contributed by atoms with E-state index in [1.54, 1.807) is 9.36 Å². The first kappa shape index (κ1) is 23.7. The van der Waals surface area contributed by atoms with Gasteiger partial charge < -0.3 is 5.11 Å². The standard InChI is InChI=1S/C27H30N6O3/c1-2-3-4-10-23-22(26(34)32-16-7-11-24(27(35)36)33(23)32)17-18-12-14-19(15-13-18)20-8-5-6-9-21(20)25-28-30-31-29-25/h5-6,8-9,12-15,24H,2-4,7,10-11,16-17H2,1H3,(H,35,36)(H,28,29,30,31). The van der Waals surface area contributed by atoms with Crippen LogP contribution in [0.1, 0.15) is 61.9 Å². The van der Waals surface area contributed by atoms with Crippen LogP contribution in [0.4, 0.5) is 0 Å². The molecule has 3 heterocycles. The third kappa shape index (κ3) is 4.48. The van der Waals surface area contributed by atoms with Crippen molar-refractivity contribution in [3.8, 4) is 22.5 Å². The Kier molecular flexibility index (Phi) is 6.79. The molecule has 2 aromatic heterocycles. The topological polar surface area (TPSA) is 119 Å². The van der Waals surface area contributed by atoms with Crippen LogP contribution in [0.25, 0.3) is 22.5 Å². The number of carbonyl (C=O) groups is 1. The lowest BCUT2D eigenvalue weighted by atomic mass is 9.96. The lowest BCUT2D eigenvalue weighted by Gasteiger charge is -2.26. The van der Waals surface area contributed by atoms with Crippen molar-refractivity contribution in [2.45, 2.75) is 64.5 Å². The van der Waals surface area contributed by atoms with Crippen molar-refractivity contribution in [2.75, 3.05) is 0 Å². The summed E-state index contributed by atoms with van der Waals surface area (Å²) < 4.78 is 3.45. The second-order valence-electron chi connectivity index (χ2n) is 9.31. The molecule has 0 saturated carbocycles. The molecule has 36 heavy (non-hydrogen) atoms. The number of tetrazole rings is 1. The molecule has 186 valence electrons. The van der Waals surface area contributed by atoms with Crippen molar-refractivity contribution in [2.24, 2.45) is 0 Å². The van der Waals surface area contributed by atoms with Crippen LogP contribution in [-0.2, 0) is 24.2 Å². The van der Waals surface area contributed by atoms with E-state index in [4.69, 9.17) is 0 Å². The molecule has 0 aliphatic carbocycles. The molecule has 0 spiro atoms. The molecule has 1 aliphatic heterocycles. The Hall–Kier alpha value is -4.01. The van der Waals surface area contributed by atoms with Gasteiger partial charge >= 0.3 is 5.97 Å². The third-order valence-corrected chi connectivity index (χ3v) is 6.98. The quantitative estimate of drug-likeness (QED) is 0.342. The van der Waals surface area contributed by atoms with Crippen LogP contribution in [-0.4, -0.2) is 41.1 Å². The average molecular weight is 487 g/mol. The van der Waals surface area contributed by atoms with Crippen molar-refractivity contribution >= 4 is 5.97 Å². The molecule has 0 bridgehead atoms. The number of rotatable bonds is 9. The van der Waals surface area contributed by atoms with E-state index in [9.17, 15) is 14.7 Å². The highest BCUT2D eigenvalue weighted by atomic mass is 16.4. The summed E-state index contributed by atoms with van der Waals surface area (Å²) in [6.45, 7) is 2.70. The van der Waals surface area contributed by atoms with Gasteiger partial charge in [-0.15, -0.1) is 10.2 Å². The van der Waals surface area contributed by atoms with E-state index in [-0.39, 0.29) is 5.56 Å². The summed E-state index contributed by atoms with van der Waals surface area (Å²) in [5, 5.41) is 24.3. The fourth-order valence-electron chi connectivity index (χ4n) is 5.21. The number of aromatic amines is 1. The van der Waals surface area contributed by atoms with E-state index in [2.05, 4.69) is 27.5 Å². The number of benzene rings is 2. The molecule has 1 atom stereocenters. The van der Waals surface area contributed by atoms with Gasteiger partial charge in [0.1, 0.15) is 6.04 Å². The highest BCUT2D eigenvalue weighted by molar-refractivity contribution is 5.80. The Balaban J connectivity index is 1.48. The molecule has 1 aliphatic rings. The first-order valence-corrected chi connectivity index (χ1v) is 12.6. The number of aromatic nitrogens is 6. The number of nitrogens with one attached hydrogen (secondary N) is 1. The van der Waals surface area contributed by atoms with Gasteiger partial charge in [-0.2, -0.15) is 5.21 Å². The summed E-state index contributed by atoms with van der Waals surface area (Å²) in [5.74, 6) is -0.335. The average Bonchev–Trinajstić information content (AvgIpc) is 3.53. The van der Waals surface area contributed by atoms with E-state index in [1.165, 1.54) is 0 Å². The van der Waals surface area contributed by atoms with Crippen LogP contribution in [0.3, 0.4) is 0 Å². The van der Waals surface area contributed by atoms with Crippen molar-refractivity contribution in [1.29, 1.82) is 0 Å². The van der Waals surface area contributed by atoms with Crippen molar-refractivity contribution in [3.05, 3.63) is 75.7 Å². The SMILES string of the molecule is CCCCCc1c(Cc2ccc(-c3ccccc3-c3nn[nH]n3)cc2)c(=O)n2n1C(C(=O)O)CCC2. The van der Waals surface area contributed by atoms with E-state index in [0.29, 0.717) is 38.1 Å². The number of unbranched alkanes of at least 4 members (excludes halogenated alkanes) is 2. The highest BCUT2D eigenvalue weighted by Crippen LogP contribution is 2.31. The normalized spacial score (nSPS) is 15.1. The lowest BCUT2D eigenvalue weighted by molar-refractivity contribution is -0.142. The zero-order chi connectivity index (χ0) is 25.1. The number of hydrogen-bond donors (Lipinski definition) is 2.